The molecule has 2 N–H and O–H groups in total. The molecule has 0 saturated heterocycles. The van der Waals surface area contributed by atoms with Crippen LogP contribution in [-0.2, 0) is 10.0 Å². The standard InChI is InChI=1S/C18H22N4O6S/c1-4-21(5-2)29(26,27)18-11-14(22(24)25)6-8-16(18)20-19-12-13-10-15(28-3)7-9-17(13)23/h6-12,20,23H,4-5H2,1-3H3/b19-12+. The highest BCUT2D eigenvalue weighted by Gasteiger charge is 2.27. The second-order valence-electron chi connectivity index (χ2n) is 5.82. The molecule has 0 fully saturated rings. The Morgan fingerprint density at radius 2 is 1.93 bits per heavy atom. The minimum Gasteiger partial charge on any atom is -0.507 e. The number of phenols is 1. The fourth-order valence-corrected chi connectivity index (χ4v) is 4.19. The Kier molecular flexibility index (Phi) is 7.13. The Morgan fingerprint density at radius 1 is 1.24 bits per heavy atom. The number of nitro groups is 1. The van der Waals surface area contributed by atoms with Crippen LogP contribution in [-0.4, -0.2) is 49.2 Å². The van der Waals surface area contributed by atoms with Crippen molar-refractivity contribution < 1.29 is 23.2 Å². The van der Waals surface area contributed by atoms with Gasteiger partial charge in [0.1, 0.15) is 16.4 Å². The zero-order valence-electron chi connectivity index (χ0n) is 16.2. The molecule has 0 heterocycles. The van der Waals surface area contributed by atoms with Crippen LogP contribution >= 0.6 is 0 Å². The lowest BCUT2D eigenvalue weighted by molar-refractivity contribution is -0.385. The number of anilines is 1. The number of hydrazone groups is 1. The van der Waals surface area contributed by atoms with E-state index in [1.807, 2.05) is 0 Å². The topological polar surface area (TPSA) is 134 Å². The Balaban J connectivity index is 2.44. The van der Waals surface area contributed by atoms with Crippen molar-refractivity contribution in [2.24, 2.45) is 5.10 Å². The van der Waals surface area contributed by atoms with Gasteiger partial charge in [0.25, 0.3) is 5.69 Å². The molecule has 0 atom stereocenters. The smallest absolute Gasteiger partial charge is 0.270 e. The quantitative estimate of drug-likeness (QED) is 0.360. The van der Waals surface area contributed by atoms with Gasteiger partial charge in [0, 0.05) is 30.8 Å². The Morgan fingerprint density at radius 3 is 2.52 bits per heavy atom. The molecule has 2 aromatic carbocycles. The second kappa shape index (κ2) is 9.34. The van der Waals surface area contributed by atoms with E-state index in [0.717, 1.165) is 6.07 Å². The first-order valence-electron chi connectivity index (χ1n) is 8.69. The van der Waals surface area contributed by atoms with Crippen molar-refractivity contribution in [3.63, 3.8) is 0 Å². The molecule has 0 spiro atoms. The Labute approximate surface area is 168 Å². The first kappa shape index (κ1) is 22.1. The lowest BCUT2D eigenvalue weighted by Crippen LogP contribution is -2.31. The number of nitrogens with zero attached hydrogens (tertiary/aromatic N) is 3. The predicted molar refractivity (Wildman–Crippen MR) is 109 cm³/mol. The van der Waals surface area contributed by atoms with Gasteiger partial charge in [0.15, 0.2) is 0 Å². The van der Waals surface area contributed by atoms with Crippen LogP contribution in [0.3, 0.4) is 0 Å². The van der Waals surface area contributed by atoms with Crippen LogP contribution < -0.4 is 10.2 Å². The van der Waals surface area contributed by atoms with Crippen molar-refractivity contribution in [3.05, 3.63) is 52.1 Å². The van der Waals surface area contributed by atoms with Crippen molar-refractivity contribution in [3.8, 4) is 11.5 Å². The zero-order chi connectivity index (χ0) is 21.6. The molecule has 10 nitrogen and oxygen atoms in total. The highest BCUT2D eigenvalue weighted by Crippen LogP contribution is 2.29. The van der Waals surface area contributed by atoms with Crippen LogP contribution in [0.1, 0.15) is 19.4 Å². The van der Waals surface area contributed by atoms with Crippen LogP contribution in [0.15, 0.2) is 46.4 Å². The maximum absolute atomic E-state index is 12.9. The second-order valence-corrected chi connectivity index (χ2v) is 7.73. The number of nitrogens with one attached hydrogen (secondary N) is 1. The third-order valence-electron chi connectivity index (χ3n) is 4.12. The van der Waals surface area contributed by atoms with Crippen molar-refractivity contribution in [2.75, 3.05) is 25.6 Å². The SMILES string of the molecule is CCN(CC)S(=O)(=O)c1cc([N+](=O)[O-])ccc1N/N=C/c1cc(OC)ccc1O. The zero-order valence-corrected chi connectivity index (χ0v) is 17.0. The van der Waals surface area contributed by atoms with Gasteiger partial charge >= 0.3 is 0 Å². The lowest BCUT2D eigenvalue weighted by Gasteiger charge is -2.20. The van der Waals surface area contributed by atoms with E-state index < -0.39 is 14.9 Å². The molecule has 11 heteroatoms. The summed E-state index contributed by atoms with van der Waals surface area (Å²) in [6, 6.07) is 8.01. The molecule has 2 rings (SSSR count). The average molecular weight is 422 g/mol. The minimum atomic E-state index is -3.98. The number of benzene rings is 2. The van der Waals surface area contributed by atoms with Gasteiger partial charge in [-0.1, -0.05) is 13.8 Å². The van der Waals surface area contributed by atoms with E-state index in [2.05, 4.69) is 10.5 Å². The number of hydrogen-bond acceptors (Lipinski definition) is 8. The summed E-state index contributed by atoms with van der Waals surface area (Å²) in [5.74, 6) is 0.459. The summed E-state index contributed by atoms with van der Waals surface area (Å²) in [5, 5.41) is 25.0. The number of nitro benzene ring substituents is 1. The number of rotatable bonds is 9. The average Bonchev–Trinajstić information content (AvgIpc) is 2.70. The van der Waals surface area contributed by atoms with E-state index in [-0.39, 0.29) is 35.1 Å². The summed E-state index contributed by atoms with van der Waals surface area (Å²) in [5.41, 5.74) is 2.65. The molecule has 29 heavy (non-hydrogen) atoms. The number of sulfonamides is 1. The number of non-ortho nitro benzene ring substituents is 1. The molecule has 0 aliphatic carbocycles. The van der Waals surface area contributed by atoms with Crippen molar-refractivity contribution in [1.29, 1.82) is 0 Å². The third-order valence-corrected chi connectivity index (χ3v) is 6.21. The fraction of sp³-hybridized carbons (Fsp3) is 0.278. The molecule has 0 unspecified atom stereocenters. The molecule has 0 aliphatic rings. The lowest BCUT2D eigenvalue weighted by atomic mass is 10.2. The Bertz CT molecular complexity index is 1020. The highest BCUT2D eigenvalue weighted by atomic mass is 32.2. The van der Waals surface area contributed by atoms with E-state index in [4.69, 9.17) is 4.74 Å². The third kappa shape index (κ3) is 5.00. The van der Waals surface area contributed by atoms with Gasteiger partial charge in [-0.15, -0.1) is 0 Å². The molecular weight excluding hydrogens is 400 g/mol. The molecule has 0 radical (unpaired) electrons. The van der Waals surface area contributed by atoms with Crippen LogP contribution in [0.2, 0.25) is 0 Å². The van der Waals surface area contributed by atoms with Crippen molar-refractivity contribution in [1.82, 2.24) is 4.31 Å². The van der Waals surface area contributed by atoms with E-state index in [1.165, 1.54) is 35.8 Å². The summed E-state index contributed by atoms with van der Waals surface area (Å²) in [6.45, 7) is 3.77. The van der Waals surface area contributed by atoms with Gasteiger partial charge in [-0.25, -0.2) is 8.42 Å². The summed E-state index contributed by atoms with van der Waals surface area (Å²) in [7, 11) is -2.50. The molecule has 0 amide bonds. The molecule has 156 valence electrons. The van der Waals surface area contributed by atoms with Gasteiger partial charge < -0.3 is 9.84 Å². The van der Waals surface area contributed by atoms with Gasteiger partial charge in [-0.2, -0.15) is 9.41 Å². The van der Waals surface area contributed by atoms with E-state index in [0.29, 0.717) is 11.3 Å². The number of hydrogen-bond donors (Lipinski definition) is 2. The maximum atomic E-state index is 12.9. The Hall–Kier alpha value is -3.18. The van der Waals surface area contributed by atoms with Gasteiger partial charge in [0.2, 0.25) is 10.0 Å². The van der Waals surface area contributed by atoms with Crippen LogP contribution in [0.25, 0.3) is 0 Å². The van der Waals surface area contributed by atoms with Crippen molar-refractivity contribution in [2.45, 2.75) is 18.7 Å². The number of phenolic OH excluding ortho intramolecular Hbond substituents is 1. The first-order chi connectivity index (χ1) is 13.7. The molecule has 2 aromatic rings. The normalized spacial score (nSPS) is 11.7. The number of ether oxygens (including phenoxy) is 1. The monoisotopic (exact) mass is 422 g/mol. The fourth-order valence-electron chi connectivity index (χ4n) is 2.57. The maximum Gasteiger partial charge on any atom is 0.270 e. The molecule has 0 bridgehead atoms. The highest BCUT2D eigenvalue weighted by molar-refractivity contribution is 7.89. The first-order valence-corrected chi connectivity index (χ1v) is 10.1. The summed E-state index contributed by atoms with van der Waals surface area (Å²) < 4.78 is 32.1. The summed E-state index contributed by atoms with van der Waals surface area (Å²) in [6.07, 6.45) is 1.28. The van der Waals surface area contributed by atoms with Crippen LogP contribution in [0.4, 0.5) is 11.4 Å². The number of aromatic hydroxyl groups is 1. The molecular formula is C18H22N4O6S. The molecule has 0 saturated carbocycles. The predicted octanol–water partition coefficient (Wildman–Crippen LogP) is 2.79. The summed E-state index contributed by atoms with van der Waals surface area (Å²) in [4.78, 5) is 10.2. The van der Waals surface area contributed by atoms with Crippen LogP contribution in [0, 0.1) is 10.1 Å². The van der Waals surface area contributed by atoms with E-state index in [9.17, 15) is 23.6 Å². The van der Waals surface area contributed by atoms with E-state index >= 15 is 0 Å². The summed E-state index contributed by atoms with van der Waals surface area (Å²) >= 11 is 0. The van der Waals surface area contributed by atoms with Gasteiger partial charge in [0.05, 0.1) is 23.9 Å². The largest absolute Gasteiger partial charge is 0.507 e. The van der Waals surface area contributed by atoms with Gasteiger partial charge in [-0.3, -0.25) is 15.5 Å². The molecule has 0 aliphatic heterocycles. The number of methoxy groups -OCH3 is 1. The van der Waals surface area contributed by atoms with Crippen LogP contribution in [0.5, 0.6) is 11.5 Å². The van der Waals surface area contributed by atoms with Gasteiger partial charge in [-0.05, 0) is 24.3 Å². The minimum absolute atomic E-state index is 0.0453. The van der Waals surface area contributed by atoms with E-state index in [1.54, 1.807) is 26.0 Å². The molecule has 0 aromatic heterocycles. The van der Waals surface area contributed by atoms with Crippen molar-refractivity contribution >= 4 is 27.6 Å².